The van der Waals surface area contributed by atoms with Crippen LogP contribution in [-0.2, 0) is 11.3 Å². The molecule has 1 aromatic carbocycles. The number of nitrogens with one attached hydrogen (secondary N) is 2. The summed E-state index contributed by atoms with van der Waals surface area (Å²) >= 11 is 0. The molecule has 1 saturated heterocycles. The van der Waals surface area contributed by atoms with Crippen LogP contribution in [0.4, 0.5) is 0 Å². The Bertz CT molecular complexity index is 555. The third-order valence-electron chi connectivity index (χ3n) is 4.92. The molecule has 0 atom stereocenters. The largest absolute Gasteiger partial charge is 0.379 e. The lowest BCUT2D eigenvalue weighted by atomic mass is 10.0. The molecule has 0 saturated carbocycles. The quantitative estimate of drug-likeness (QED) is 0.509. The molecule has 0 spiro atoms. The molecule has 0 bridgehead atoms. The molecule has 152 valence electrons. The van der Waals surface area contributed by atoms with Gasteiger partial charge in [-0.1, -0.05) is 30.3 Å². The van der Waals surface area contributed by atoms with Gasteiger partial charge in [0.05, 0.1) is 19.8 Å². The summed E-state index contributed by atoms with van der Waals surface area (Å²) in [5, 5.41) is 6.83. The van der Waals surface area contributed by atoms with Crippen molar-refractivity contribution in [1.29, 1.82) is 0 Å². The maximum Gasteiger partial charge on any atom is 0.191 e. The molecule has 2 rings (SSSR count). The summed E-state index contributed by atoms with van der Waals surface area (Å²) in [7, 11) is 2.15. The van der Waals surface area contributed by atoms with Gasteiger partial charge in [0.15, 0.2) is 5.96 Å². The van der Waals surface area contributed by atoms with Crippen molar-refractivity contribution in [2.24, 2.45) is 4.99 Å². The van der Waals surface area contributed by atoms with E-state index in [0.717, 1.165) is 65.0 Å². The SMILES string of the molecule is CCNC(=NCC(C)(C)N1CCOCC1)NCCN(C)Cc1ccccc1. The monoisotopic (exact) mass is 375 g/mol. The molecule has 1 aliphatic rings. The van der Waals surface area contributed by atoms with E-state index in [-0.39, 0.29) is 5.54 Å². The van der Waals surface area contributed by atoms with Crippen LogP contribution in [0, 0.1) is 0 Å². The Morgan fingerprint density at radius 1 is 1.19 bits per heavy atom. The molecule has 2 N–H and O–H groups in total. The Labute approximate surface area is 165 Å². The van der Waals surface area contributed by atoms with Gasteiger partial charge >= 0.3 is 0 Å². The van der Waals surface area contributed by atoms with E-state index in [4.69, 9.17) is 9.73 Å². The fourth-order valence-corrected chi connectivity index (χ4v) is 3.22. The number of hydrogen-bond acceptors (Lipinski definition) is 4. The van der Waals surface area contributed by atoms with Crippen LogP contribution >= 0.6 is 0 Å². The molecule has 6 nitrogen and oxygen atoms in total. The highest BCUT2D eigenvalue weighted by atomic mass is 16.5. The van der Waals surface area contributed by atoms with Gasteiger partial charge in [-0.25, -0.2) is 0 Å². The first-order valence-electron chi connectivity index (χ1n) is 10.1. The second-order valence-corrected chi connectivity index (χ2v) is 7.76. The zero-order valence-electron chi connectivity index (χ0n) is 17.5. The topological polar surface area (TPSA) is 52.1 Å². The van der Waals surface area contributed by atoms with Crippen molar-refractivity contribution < 1.29 is 4.74 Å². The van der Waals surface area contributed by atoms with Crippen molar-refractivity contribution in [1.82, 2.24) is 20.4 Å². The van der Waals surface area contributed by atoms with Gasteiger partial charge in [0, 0.05) is 44.8 Å². The number of hydrogen-bond donors (Lipinski definition) is 2. The number of guanidine groups is 1. The first-order chi connectivity index (χ1) is 13.0. The number of benzene rings is 1. The van der Waals surface area contributed by atoms with Crippen molar-refractivity contribution in [3.63, 3.8) is 0 Å². The molecule has 0 unspecified atom stereocenters. The number of rotatable bonds is 9. The molecular weight excluding hydrogens is 338 g/mol. The molecule has 0 radical (unpaired) electrons. The van der Waals surface area contributed by atoms with Crippen LogP contribution < -0.4 is 10.6 Å². The third kappa shape index (κ3) is 7.87. The van der Waals surface area contributed by atoms with E-state index in [2.05, 4.69) is 78.6 Å². The second-order valence-electron chi connectivity index (χ2n) is 7.76. The average molecular weight is 376 g/mol. The number of nitrogens with zero attached hydrogens (tertiary/aromatic N) is 3. The van der Waals surface area contributed by atoms with Gasteiger partial charge in [-0.3, -0.25) is 9.89 Å². The summed E-state index contributed by atoms with van der Waals surface area (Å²) in [4.78, 5) is 9.63. The van der Waals surface area contributed by atoms with Gasteiger partial charge in [-0.2, -0.15) is 0 Å². The van der Waals surface area contributed by atoms with E-state index in [0.29, 0.717) is 0 Å². The Hall–Kier alpha value is -1.63. The first-order valence-corrected chi connectivity index (χ1v) is 10.1. The predicted octanol–water partition coefficient (Wildman–Crippen LogP) is 1.78. The zero-order chi connectivity index (χ0) is 19.5. The van der Waals surface area contributed by atoms with E-state index >= 15 is 0 Å². The van der Waals surface area contributed by atoms with E-state index in [1.165, 1.54) is 5.56 Å². The van der Waals surface area contributed by atoms with Crippen LogP contribution in [0.2, 0.25) is 0 Å². The van der Waals surface area contributed by atoms with Crippen LogP contribution in [0.25, 0.3) is 0 Å². The van der Waals surface area contributed by atoms with Crippen LogP contribution in [0.15, 0.2) is 35.3 Å². The summed E-state index contributed by atoms with van der Waals surface area (Å²) < 4.78 is 5.47. The molecule has 0 amide bonds. The van der Waals surface area contributed by atoms with Gasteiger partial charge in [-0.05, 0) is 33.4 Å². The minimum Gasteiger partial charge on any atom is -0.379 e. The molecule has 1 heterocycles. The minimum atomic E-state index is 0.0379. The molecular formula is C21H37N5O. The van der Waals surface area contributed by atoms with Gasteiger partial charge in [0.2, 0.25) is 0 Å². The maximum absolute atomic E-state index is 5.47. The van der Waals surface area contributed by atoms with E-state index in [1.807, 2.05) is 0 Å². The summed E-state index contributed by atoms with van der Waals surface area (Å²) in [5.41, 5.74) is 1.38. The smallest absolute Gasteiger partial charge is 0.191 e. The first kappa shape index (κ1) is 21.7. The lowest BCUT2D eigenvalue weighted by Gasteiger charge is -2.39. The van der Waals surface area contributed by atoms with Crippen molar-refractivity contribution in [3.05, 3.63) is 35.9 Å². The second kappa shape index (κ2) is 11.3. The number of morpholine rings is 1. The fourth-order valence-electron chi connectivity index (χ4n) is 3.22. The molecule has 1 aliphatic heterocycles. The molecule has 1 fully saturated rings. The van der Waals surface area contributed by atoms with E-state index in [1.54, 1.807) is 0 Å². The third-order valence-corrected chi connectivity index (χ3v) is 4.92. The van der Waals surface area contributed by atoms with Crippen molar-refractivity contribution in [2.75, 3.05) is 59.5 Å². The highest BCUT2D eigenvalue weighted by molar-refractivity contribution is 5.79. The summed E-state index contributed by atoms with van der Waals surface area (Å²) in [5.74, 6) is 0.895. The summed E-state index contributed by atoms with van der Waals surface area (Å²) in [6.45, 7) is 14.7. The Morgan fingerprint density at radius 3 is 2.56 bits per heavy atom. The lowest BCUT2D eigenvalue weighted by Crippen LogP contribution is -2.52. The summed E-state index contributed by atoms with van der Waals surface area (Å²) in [6, 6.07) is 10.6. The number of likely N-dealkylation sites (N-methyl/N-ethyl adjacent to an activating group) is 1. The standard InChI is InChI=1S/C21H37N5O/c1-5-22-20(24-18-21(2,3)26-13-15-27-16-14-26)23-11-12-25(4)17-19-9-7-6-8-10-19/h6-10H,5,11-18H2,1-4H3,(H2,22,23,24). The van der Waals surface area contributed by atoms with Gasteiger partial charge in [0.1, 0.15) is 0 Å². The lowest BCUT2D eigenvalue weighted by molar-refractivity contribution is -0.00683. The fraction of sp³-hybridized carbons (Fsp3) is 0.667. The Kier molecular flexibility index (Phi) is 9.04. The summed E-state index contributed by atoms with van der Waals surface area (Å²) in [6.07, 6.45) is 0. The van der Waals surface area contributed by atoms with E-state index in [9.17, 15) is 0 Å². The van der Waals surface area contributed by atoms with Crippen molar-refractivity contribution >= 4 is 5.96 Å². The van der Waals surface area contributed by atoms with Gasteiger partial charge in [0.25, 0.3) is 0 Å². The predicted molar refractivity (Wildman–Crippen MR) is 113 cm³/mol. The minimum absolute atomic E-state index is 0.0379. The maximum atomic E-state index is 5.47. The highest BCUT2D eigenvalue weighted by Gasteiger charge is 2.28. The van der Waals surface area contributed by atoms with Crippen LogP contribution in [0.5, 0.6) is 0 Å². The van der Waals surface area contributed by atoms with Crippen LogP contribution in [0.3, 0.4) is 0 Å². The van der Waals surface area contributed by atoms with Gasteiger partial charge < -0.3 is 20.3 Å². The molecule has 27 heavy (non-hydrogen) atoms. The normalized spacial score (nSPS) is 16.6. The Balaban J connectivity index is 1.78. The van der Waals surface area contributed by atoms with Gasteiger partial charge in [-0.15, -0.1) is 0 Å². The molecule has 1 aromatic rings. The molecule has 0 aromatic heterocycles. The van der Waals surface area contributed by atoms with Crippen LogP contribution in [0.1, 0.15) is 26.3 Å². The number of aliphatic imine (C=N–C) groups is 1. The molecule has 6 heteroatoms. The highest BCUT2D eigenvalue weighted by Crippen LogP contribution is 2.16. The van der Waals surface area contributed by atoms with E-state index < -0.39 is 0 Å². The average Bonchev–Trinajstić information content (AvgIpc) is 2.67. The van der Waals surface area contributed by atoms with Crippen LogP contribution in [-0.4, -0.2) is 80.8 Å². The Morgan fingerprint density at radius 2 is 1.89 bits per heavy atom. The zero-order valence-corrected chi connectivity index (χ0v) is 17.5. The van der Waals surface area contributed by atoms with Crippen molar-refractivity contribution in [2.45, 2.75) is 32.9 Å². The molecule has 0 aliphatic carbocycles. The van der Waals surface area contributed by atoms with Crippen molar-refractivity contribution in [3.8, 4) is 0 Å². The number of ether oxygens (including phenoxy) is 1.